The van der Waals surface area contributed by atoms with Crippen LogP contribution in [0.15, 0.2) is 62.6 Å². The van der Waals surface area contributed by atoms with Crippen molar-refractivity contribution < 1.29 is 9.53 Å². The molecular formula is C21H18BrN5O2S2. The van der Waals surface area contributed by atoms with E-state index in [0.29, 0.717) is 10.2 Å². The molecular weight excluding hydrogens is 498 g/mol. The van der Waals surface area contributed by atoms with Gasteiger partial charge in [-0.1, -0.05) is 23.9 Å². The molecule has 1 amide bonds. The molecule has 0 unspecified atom stereocenters. The summed E-state index contributed by atoms with van der Waals surface area (Å²) in [4.78, 5) is 16.9. The molecule has 0 aliphatic heterocycles. The normalized spacial score (nSPS) is 11.3. The molecule has 4 aromatic rings. The maximum absolute atomic E-state index is 12.2. The lowest BCUT2D eigenvalue weighted by atomic mass is 10.1. The number of aryl methyl sites for hydroxylation is 1. The highest BCUT2D eigenvalue weighted by Gasteiger charge is 2.13. The number of carbonyl (C=O) groups is 1. The molecule has 10 heteroatoms. The summed E-state index contributed by atoms with van der Waals surface area (Å²) in [7, 11) is 3.40. The van der Waals surface area contributed by atoms with Crippen LogP contribution in [-0.2, 0) is 12.8 Å². The first-order valence-electron chi connectivity index (χ1n) is 9.21. The fourth-order valence-corrected chi connectivity index (χ4v) is 5.48. The summed E-state index contributed by atoms with van der Waals surface area (Å²) in [6.45, 7) is 0. The monoisotopic (exact) mass is 515 g/mol. The third-order valence-electron chi connectivity index (χ3n) is 4.31. The topological polar surface area (TPSA) is 81.4 Å². The number of fused-ring (bicyclic) bond motifs is 1. The average molecular weight is 516 g/mol. The minimum absolute atomic E-state index is 0.280. The van der Waals surface area contributed by atoms with Crippen molar-refractivity contribution in [2.24, 2.45) is 12.1 Å². The Labute approximate surface area is 195 Å². The van der Waals surface area contributed by atoms with Crippen LogP contribution in [0, 0.1) is 0 Å². The summed E-state index contributed by atoms with van der Waals surface area (Å²) in [6.07, 6.45) is 3.30. The zero-order chi connectivity index (χ0) is 21.8. The predicted molar refractivity (Wildman–Crippen MR) is 128 cm³/mol. The molecule has 0 fully saturated rings. The van der Waals surface area contributed by atoms with Crippen molar-refractivity contribution in [1.29, 1.82) is 0 Å². The molecule has 158 valence electrons. The molecule has 31 heavy (non-hydrogen) atoms. The van der Waals surface area contributed by atoms with Crippen molar-refractivity contribution in [2.75, 3.05) is 7.11 Å². The molecule has 2 aromatic carbocycles. The number of ether oxygens (including phenoxy) is 1. The van der Waals surface area contributed by atoms with Crippen molar-refractivity contribution in [3.8, 4) is 5.75 Å². The van der Waals surface area contributed by atoms with Crippen LogP contribution >= 0.6 is 39.0 Å². The Balaban J connectivity index is 1.44. The van der Waals surface area contributed by atoms with E-state index in [9.17, 15) is 4.79 Å². The van der Waals surface area contributed by atoms with Crippen LogP contribution in [-0.4, -0.2) is 34.0 Å². The maximum atomic E-state index is 12.2. The molecule has 0 aliphatic carbocycles. The molecule has 7 nitrogen and oxygen atoms in total. The van der Waals surface area contributed by atoms with E-state index >= 15 is 0 Å². The van der Waals surface area contributed by atoms with E-state index in [1.54, 1.807) is 54.3 Å². The summed E-state index contributed by atoms with van der Waals surface area (Å²) >= 11 is 6.65. The standard InChI is InChI=1S/C21H18BrN5O2S2/c1-27-11-15(22)19(26-27)20(28)25-23-10-13-7-8-17(29-2)14(9-13)12-30-21-24-16-5-3-4-6-18(16)31-21/h3-11H,12H2,1-2H3,(H,25,28)/b23-10+. The molecule has 0 atom stereocenters. The Hall–Kier alpha value is -2.69. The number of thioether (sulfide) groups is 1. The van der Waals surface area contributed by atoms with Crippen molar-refractivity contribution >= 4 is 61.4 Å². The molecule has 4 rings (SSSR count). The molecule has 0 saturated carbocycles. The summed E-state index contributed by atoms with van der Waals surface area (Å²) in [5.74, 6) is 1.12. The first-order chi connectivity index (χ1) is 15.0. The van der Waals surface area contributed by atoms with E-state index in [-0.39, 0.29) is 11.6 Å². The summed E-state index contributed by atoms with van der Waals surface area (Å²) < 4.78 is 9.86. The molecule has 0 aliphatic rings. The lowest BCUT2D eigenvalue weighted by Gasteiger charge is -2.08. The SMILES string of the molecule is COc1ccc(/C=N/NC(=O)c2nn(C)cc2Br)cc1CSc1nc2ccccc2s1. The van der Waals surface area contributed by atoms with Crippen LogP contribution in [0.3, 0.4) is 0 Å². The smallest absolute Gasteiger partial charge is 0.293 e. The van der Waals surface area contributed by atoms with Gasteiger partial charge in [0.1, 0.15) is 5.75 Å². The Morgan fingerprint density at radius 2 is 2.19 bits per heavy atom. The maximum Gasteiger partial charge on any atom is 0.293 e. The van der Waals surface area contributed by atoms with Crippen LogP contribution in [0.5, 0.6) is 5.75 Å². The number of rotatable bonds is 7. The molecule has 2 heterocycles. The van der Waals surface area contributed by atoms with Crippen molar-refractivity contribution in [1.82, 2.24) is 20.2 Å². The number of hydrogen-bond donors (Lipinski definition) is 1. The quantitative estimate of drug-likeness (QED) is 0.216. The first-order valence-corrected chi connectivity index (χ1v) is 11.8. The van der Waals surface area contributed by atoms with Crippen molar-refractivity contribution in [2.45, 2.75) is 10.1 Å². The van der Waals surface area contributed by atoms with Crippen LogP contribution in [0.25, 0.3) is 10.2 Å². The minimum atomic E-state index is -0.385. The van der Waals surface area contributed by atoms with Gasteiger partial charge in [0.15, 0.2) is 10.0 Å². The lowest BCUT2D eigenvalue weighted by Crippen LogP contribution is -2.19. The molecule has 1 N–H and O–H groups in total. The number of aromatic nitrogens is 3. The van der Waals surface area contributed by atoms with E-state index in [2.05, 4.69) is 42.6 Å². The van der Waals surface area contributed by atoms with Gasteiger partial charge in [-0.2, -0.15) is 10.2 Å². The highest BCUT2D eigenvalue weighted by Crippen LogP contribution is 2.33. The second kappa shape index (κ2) is 9.63. The van der Waals surface area contributed by atoms with E-state index in [1.807, 2.05) is 36.4 Å². The highest BCUT2D eigenvalue weighted by molar-refractivity contribution is 9.10. The van der Waals surface area contributed by atoms with Crippen molar-refractivity contribution in [3.63, 3.8) is 0 Å². The van der Waals surface area contributed by atoms with Gasteiger partial charge in [0.2, 0.25) is 0 Å². The van der Waals surface area contributed by atoms with E-state index in [4.69, 9.17) is 4.74 Å². The number of amides is 1. The number of nitrogens with zero attached hydrogens (tertiary/aromatic N) is 4. The zero-order valence-corrected chi connectivity index (χ0v) is 19.9. The van der Waals surface area contributed by atoms with E-state index in [1.165, 1.54) is 4.70 Å². The van der Waals surface area contributed by atoms with Gasteiger partial charge < -0.3 is 4.74 Å². The van der Waals surface area contributed by atoms with Gasteiger partial charge in [0, 0.05) is 24.6 Å². The van der Waals surface area contributed by atoms with Gasteiger partial charge in [-0.3, -0.25) is 9.48 Å². The number of halogens is 1. The molecule has 2 aromatic heterocycles. The van der Waals surface area contributed by atoms with Crippen molar-refractivity contribution in [3.05, 3.63) is 70.0 Å². The predicted octanol–water partition coefficient (Wildman–Crippen LogP) is 4.86. The lowest BCUT2D eigenvalue weighted by molar-refractivity contribution is 0.0948. The molecule has 0 spiro atoms. The Kier molecular flexibility index (Phi) is 6.69. The summed E-state index contributed by atoms with van der Waals surface area (Å²) in [5, 5.41) is 8.16. The molecule has 0 bridgehead atoms. The van der Waals surface area contributed by atoms with Crippen LogP contribution < -0.4 is 10.2 Å². The fraction of sp³-hybridized carbons (Fsp3) is 0.143. The number of thiazole rings is 1. The van der Waals surface area contributed by atoms with Gasteiger partial charge in [0.05, 0.1) is 28.0 Å². The highest BCUT2D eigenvalue weighted by atomic mass is 79.9. The number of carbonyl (C=O) groups excluding carboxylic acids is 1. The van der Waals surface area contributed by atoms with E-state index in [0.717, 1.165) is 26.7 Å². The number of benzene rings is 2. The van der Waals surface area contributed by atoms with Gasteiger partial charge in [-0.05, 0) is 51.8 Å². The summed E-state index contributed by atoms with van der Waals surface area (Å²) in [5.41, 5.74) is 5.67. The van der Waals surface area contributed by atoms with E-state index < -0.39 is 0 Å². The second-order valence-corrected chi connectivity index (χ2v) is 9.61. The number of nitrogens with one attached hydrogen (secondary N) is 1. The molecule has 0 radical (unpaired) electrons. The number of methoxy groups -OCH3 is 1. The van der Waals surface area contributed by atoms with Crippen LogP contribution in [0.2, 0.25) is 0 Å². The Morgan fingerprint density at radius 3 is 2.94 bits per heavy atom. The average Bonchev–Trinajstić information content (AvgIpc) is 3.34. The Bertz CT molecular complexity index is 1230. The van der Waals surface area contributed by atoms with Gasteiger partial charge in [-0.15, -0.1) is 11.3 Å². The third kappa shape index (κ3) is 5.15. The zero-order valence-electron chi connectivity index (χ0n) is 16.7. The van der Waals surface area contributed by atoms with Crippen LogP contribution in [0.1, 0.15) is 21.6 Å². The second-order valence-electron chi connectivity index (χ2n) is 6.51. The third-order valence-corrected chi connectivity index (χ3v) is 7.12. The number of hydrogen-bond acceptors (Lipinski definition) is 7. The largest absolute Gasteiger partial charge is 0.496 e. The van der Waals surface area contributed by atoms with Gasteiger partial charge in [0.25, 0.3) is 5.91 Å². The number of para-hydroxylation sites is 1. The first kappa shape index (κ1) is 21.5. The molecule has 0 saturated heterocycles. The van der Waals surface area contributed by atoms with Gasteiger partial charge in [-0.25, -0.2) is 10.4 Å². The summed E-state index contributed by atoms with van der Waals surface area (Å²) in [6, 6.07) is 13.9. The van der Waals surface area contributed by atoms with Crippen LogP contribution in [0.4, 0.5) is 0 Å². The number of hydrazone groups is 1. The Morgan fingerprint density at radius 1 is 1.35 bits per heavy atom. The minimum Gasteiger partial charge on any atom is -0.496 e. The fourth-order valence-electron chi connectivity index (χ4n) is 2.88. The van der Waals surface area contributed by atoms with Gasteiger partial charge >= 0.3 is 0 Å².